The summed E-state index contributed by atoms with van der Waals surface area (Å²) in [4.78, 5) is 47.0. The molecule has 1 aliphatic heterocycles. The molecule has 1 heterocycles. The van der Waals surface area contributed by atoms with Gasteiger partial charge in [0.15, 0.2) is 0 Å². The number of carbonyl (C=O) groups excluding carboxylic acids is 3. The van der Waals surface area contributed by atoms with E-state index in [9.17, 15) is 24.5 Å². The van der Waals surface area contributed by atoms with Gasteiger partial charge in [0, 0.05) is 18.6 Å². The quantitative estimate of drug-likeness (QED) is 0.151. The third-order valence-corrected chi connectivity index (χ3v) is 5.23. The number of nitrogens with zero attached hydrogens (tertiary/aromatic N) is 3. The standard InChI is InChI=1S/C18H15N3O6/c1-9(22)27-16-12(3-2-4-13(16)21(25)26)8-19-20-17(23)14-10-5-6-11(7-10)15(14)18(20)24/h2-6,8,10-11,14-15H,7H2,1H3. The van der Waals surface area contributed by atoms with Crippen molar-refractivity contribution < 1.29 is 24.0 Å². The first-order valence-corrected chi connectivity index (χ1v) is 8.44. The second-order valence-corrected chi connectivity index (χ2v) is 6.78. The van der Waals surface area contributed by atoms with Crippen molar-refractivity contribution in [3.63, 3.8) is 0 Å². The number of hydrazone groups is 1. The first-order valence-electron chi connectivity index (χ1n) is 8.44. The minimum absolute atomic E-state index is 0.0612. The van der Waals surface area contributed by atoms with E-state index in [0.29, 0.717) is 0 Å². The summed E-state index contributed by atoms with van der Waals surface area (Å²) in [6.07, 6.45) is 5.90. The Morgan fingerprint density at radius 2 is 1.89 bits per heavy atom. The maximum atomic E-state index is 12.6. The number of esters is 1. The van der Waals surface area contributed by atoms with E-state index in [-0.39, 0.29) is 46.8 Å². The van der Waals surface area contributed by atoms with Crippen molar-refractivity contribution >= 4 is 29.7 Å². The number of para-hydroxylation sites is 1. The van der Waals surface area contributed by atoms with Crippen LogP contribution in [0.2, 0.25) is 0 Å². The van der Waals surface area contributed by atoms with E-state index < -0.39 is 16.6 Å². The summed E-state index contributed by atoms with van der Waals surface area (Å²) in [6, 6.07) is 4.04. The molecule has 2 bridgehead atoms. The Morgan fingerprint density at radius 3 is 2.44 bits per heavy atom. The lowest BCUT2D eigenvalue weighted by Crippen LogP contribution is -2.28. The van der Waals surface area contributed by atoms with Crippen molar-refractivity contribution in [1.29, 1.82) is 0 Å². The number of nitro groups is 1. The smallest absolute Gasteiger partial charge is 0.312 e. The molecule has 0 N–H and O–H groups in total. The van der Waals surface area contributed by atoms with Crippen LogP contribution in [0.15, 0.2) is 35.5 Å². The van der Waals surface area contributed by atoms with E-state index in [1.165, 1.54) is 18.2 Å². The highest BCUT2D eigenvalue weighted by Crippen LogP contribution is 2.52. The van der Waals surface area contributed by atoms with Gasteiger partial charge < -0.3 is 4.74 Å². The molecule has 1 saturated carbocycles. The summed E-state index contributed by atoms with van der Waals surface area (Å²) in [5, 5.41) is 16.0. The zero-order chi connectivity index (χ0) is 19.3. The molecule has 4 atom stereocenters. The van der Waals surface area contributed by atoms with Crippen LogP contribution in [-0.4, -0.2) is 33.9 Å². The van der Waals surface area contributed by atoms with Crippen molar-refractivity contribution in [2.24, 2.45) is 28.8 Å². The Labute approximate surface area is 153 Å². The van der Waals surface area contributed by atoms with Crippen molar-refractivity contribution in [1.82, 2.24) is 5.01 Å². The Hall–Kier alpha value is -3.36. The number of ether oxygens (including phenoxy) is 1. The highest BCUT2D eigenvalue weighted by molar-refractivity contribution is 6.07. The van der Waals surface area contributed by atoms with E-state index >= 15 is 0 Å². The highest BCUT2D eigenvalue weighted by Gasteiger charge is 2.59. The van der Waals surface area contributed by atoms with Crippen molar-refractivity contribution in [2.45, 2.75) is 13.3 Å². The number of benzene rings is 1. The molecule has 2 aliphatic carbocycles. The third-order valence-electron chi connectivity index (χ3n) is 5.23. The fraction of sp³-hybridized carbons (Fsp3) is 0.333. The van der Waals surface area contributed by atoms with Crippen LogP contribution < -0.4 is 4.74 Å². The maximum absolute atomic E-state index is 12.6. The van der Waals surface area contributed by atoms with Gasteiger partial charge in [-0.15, -0.1) is 0 Å². The minimum atomic E-state index is -0.732. The van der Waals surface area contributed by atoms with E-state index in [2.05, 4.69) is 5.10 Å². The highest BCUT2D eigenvalue weighted by atomic mass is 16.6. The van der Waals surface area contributed by atoms with Crippen LogP contribution in [0.5, 0.6) is 5.75 Å². The van der Waals surface area contributed by atoms with Gasteiger partial charge in [-0.25, -0.2) is 0 Å². The number of rotatable bonds is 4. The lowest BCUT2D eigenvalue weighted by Gasteiger charge is -2.13. The van der Waals surface area contributed by atoms with E-state index in [1.54, 1.807) is 0 Å². The molecule has 0 aromatic heterocycles. The summed E-state index contributed by atoms with van der Waals surface area (Å²) in [5.74, 6) is -2.39. The average Bonchev–Trinajstić information content (AvgIpc) is 3.28. The van der Waals surface area contributed by atoms with Gasteiger partial charge in [-0.1, -0.05) is 18.2 Å². The number of imide groups is 1. The molecule has 0 radical (unpaired) electrons. The van der Waals surface area contributed by atoms with Gasteiger partial charge >= 0.3 is 11.7 Å². The molecule has 1 aromatic rings. The molecule has 4 rings (SSSR count). The van der Waals surface area contributed by atoms with Crippen LogP contribution >= 0.6 is 0 Å². The number of carbonyl (C=O) groups is 3. The Bertz CT molecular complexity index is 907. The summed E-state index contributed by atoms with van der Waals surface area (Å²) in [6.45, 7) is 1.12. The van der Waals surface area contributed by atoms with Crippen LogP contribution in [0, 0.1) is 33.8 Å². The van der Waals surface area contributed by atoms with Crippen LogP contribution in [-0.2, 0) is 14.4 Å². The van der Waals surface area contributed by atoms with Gasteiger partial charge in [0.1, 0.15) is 0 Å². The topological polar surface area (TPSA) is 119 Å². The minimum Gasteiger partial charge on any atom is -0.419 e. The fourth-order valence-corrected chi connectivity index (χ4v) is 4.16. The molecular formula is C18H15N3O6. The van der Waals surface area contributed by atoms with Gasteiger partial charge in [0.25, 0.3) is 11.8 Å². The summed E-state index contributed by atoms with van der Waals surface area (Å²) in [7, 11) is 0. The third kappa shape index (κ3) is 2.62. The maximum Gasteiger partial charge on any atom is 0.312 e. The predicted molar refractivity (Wildman–Crippen MR) is 91.6 cm³/mol. The molecule has 2 amide bonds. The normalized spacial score (nSPS) is 28.3. The van der Waals surface area contributed by atoms with E-state index in [1.807, 2.05) is 12.2 Å². The van der Waals surface area contributed by atoms with Gasteiger partial charge in [-0.2, -0.15) is 10.1 Å². The number of hydrogen-bond acceptors (Lipinski definition) is 7. The zero-order valence-corrected chi connectivity index (χ0v) is 14.3. The van der Waals surface area contributed by atoms with Crippen LogP contribution in [0.25, 0.3) is 0 Å². The van der Waals surface area contributed by atoms with Crippen LogP contribution in [0.1, 0.15) is 18.9 Å². The number of allylic oxidation sites excluding steroid dienone is 2. The number of fused-ring (bicyclic) bond motifs is 5. The second kappa shape index (κ2) is 6.11. The molecule has 138 valence electrons. The molecule has 0 spiro atoms. The molecular weight excluding hydrogens is 354 g/mol. The monoisotopic (exact) mass is 369 g/mol. The van der Waals surface area contributed by atoms with Gasteiger partial charge in [0.2, 0.25) is 5.75 Å². The average molecular weight is 369 g/mol. The molecule has 27 heavy (non-hydrogen) atoms. The first-order chi connectivity index (χ1) is 12.9. The lowest BCUT2D eigenvalue weighted by molar-refractivity contribution is -0.385. The molecule has 9 heteroatoms. The van der Waals surface area contributed by atoms with E-state index in [0.717, 1.165) is 24.6 Å². The summed E-state index contributed by atoms with van der Waals surface area (Å²) in [5.41, 5.74) is -0.287. The molecule has 1 aromatic carbocycles. The van der Waals surface area contributed by atoms with Crippen LogP contribution in [0.3, 0.4) is 0 Å². The second-order valence-electron chi connectivity index (χ2n) is 6.78. The Balaban J connectivity index is 1.65. The number of amides is 2. The molecule has 9 nitrogen and oxygen atoms in total. The Kier molecular flexibility index (Phi) is 3.87. The molecule has 2 fully saturated rings. The molecule has 1 saturated heterocycles. The molecule has 3 aliphatic rings. The SMILES string of the molecule is CC(=O)Oc1c(C=NN2C(=O)C3C4C=CC(C4)C3C2=O)cccc1[N+](=O)[O-]. The fourth-order valence-electron chi connectivity index (χ4n) is 4.16. The first kappa shape index (κ1) is 17.1. The molecule has 4 unspecified atom stereocenters. The van der Waals surface area contributed by atoms with Crippen LogP contribution in [0.4, 0.5) is 5.69 Å². The van der Waals surface area contributed by atoms with Gasteiger partial charge in [-0.3, -0.25) is 24.5 Å². The zero-order valence-electron chi connectivity index (χ0n) is 14.3. The lowest BCUT2D eigenvalue weighted by atomic mass is 9.85. The van der Waals surface area contributed by atoms with Gasteiger partial charge in [0.05, 0.1) is 23.0 Å². The number of nitro benzene ring substituents is 1. The van der Waals surface area contributed by atoms with E-state index in [4.69, 9.17) is 4.74 Å². The van der Waals surface area contributed by atoms with Crippen molar-refractivity contribution in [2.75, 3.05) is 0 Å². The van der Waals surface area contributed by atoms with Gasteiger partial charge in [-0.05, 0) is 24.3 Å². The Morgan fingerprint density at radius 1 is 1.26 bits per heavy atom. The summed E-state index contributed by atoms with van der Waals surface area (Å²) < 4.78 is 4.96. The summed E-state index contributed by atoms with van der Waals surface area (Å²) >= 11 is 0. The largest absolute Gasteiger partial charge is 0.419 e. The van der Waals surface area contributed by atoms with Crippen molar-refractivity contribution in [3.8, 4) is 5.75 Å². The number of hydrogen-bond donors (Lipinski definition) is 0. The van der Waals surface area contributed by atoms with Crippen molar-refractivity contribution in [3.05, 3.63) is 46.0 Å². The predicted octanol–water partition coefficient (Wildman–Crippen LogP) is 1.66.